The maximum atomic E-state index is 9.65. The van der Waals surface area contributed by atoms with Gasteiger partial charge in [-0.2, -0.15) is 0 Å². The minimum absolute atomic E-state index is 0.165. The van der Waals surface area contributed by atoms with Gasteiger partial charge in [0.05, 0.1) is 12.7 Å². The molecule has 0 amide bonds. The molecule has 4 heteroatoms. The maximum Gasteiger partial charge on any atom is 0.0693 e. The zero-order valence-corrected chi connectivity index (χ0v) is 8.71. The van der Waals surface area contributed by atoms with E-state index >= 15 is 0 Å². The summed E-state index contributed by atoms with van der Waals surface area (Å²) in [6.07, 6.45) is 4.23. The Morgan fingerprint density at radius 2 is 1.86 bits per heavy atom. The van der Waals surface area contributed by atoms with Crippen molar-refractivity contribution in [2.24, 2.45) is 0 Å². The Hall–Kier alpha value is -0.160. The van der Waals surface area contributed by atoms with E-state index in [9.17, 15) is 5.11 Å². The molecule has 1 fully saturated rings. The Labute approximate surface area is 85.7 Å². The van der Waals surface area contributed by atoms with E-state index in [1.54, 1.807) is 0 Å². The van der Waals surface area contributed by atoms with Crippen molar-refractivity contribution in [2.45, 2.75) is 37.8 Å². The summed E-state index contributed by atoms with van der Waals surface area (Å²) in [5.41, 5.74) is 0. The van der Waals surface area contributed by atoms with E-state index in [2.05, 4.69) is 10.6 Å². The molecule has 0 saturated heterocycles. The Balaban J connectivity index is 1.99. The number of hydrogen-bond acceptors (Lipinski definition) is 4. The lowest BCUT2D eigenvalue weighted by Crippen LogP contribution is -2.44. The van der Waals surface area contributed by atoms with Crippen LogP contribution in [0.1, 0.15) is 25.7 Å². The van der Waals surface area contributed by atoms with E-state index < -0.39 is 0 Å². The van der Waals surface area contributed by atoms with Crippen molar-refractivity contribution in [3.8, 4) is 0 Å². The molecule has 0 bridgehead atoms. The Kier molecular flexibility index (Phi) is 6.10. The minimum atomic E-state index is -0.165. The van der Waals surface area contributed by atoms with Gasteiger partial charge < -0.3 is 20.8 Å². The third-order valence-electron chi connectivity index (χ3n) is 2.73. The molecule has 14 heavy (non-hydrogen) atoms. The lowest BCUT2D eigenvalue weighted by Gasteiger charge is -2.28. The first kappa shape index (κ1) is 11.9. The first-order valence-electron chi connectivity index (χ1n) is 5.57. The van der Waals surface area contributed by atoms with Gasteiger partial charge >= 0.3 is 0 Å². The molecule has 4 nitrogen and oxygen atoms in total. The van der Waals surface area contributed by atoms with Gasteiger partial charge in [0.1, 0.15) is 0 Å². The monoisotopic (exact) mass is 202 g/mol. The maximum absolute atomic E-state index is 9.65. The number of hydrogen-bond donors (Lipinski definition) is 4. The first-order valence-corrected chi connectivity index (χ1v) is 5.57. The van der Waals surface area contributed by atoms with E-state index in [0.717, 1.165) is 32.4 Å². The van der Waals surface area contributed by atoms with Crippen LogP contribution in [0, 0.1) is 0 Å². The topological polar surface area (TPSA) is 64.5 Å². The molecule has 0 spiro atoms. The van der Waals surface area contributed by atoms with Crippen LogP contribution in [0.5, 0.6) is 0 Å². The predicted molar refractivity (Wildman–Crippen MR) is 56.2 cm³/mol. The van der Waals surface area contributed by atoms with Crippen molar-refractivity contribution in [3.63, 3.8) is 0 Å². The van der Waals surface area contributed by atoms with E-state index in [0.29, 0.717) is 6.54 Å². The summed E-state index contributed by atoms with van der Waals surface area (Å²) in [6.45, 7) is 2.55. The molecule has 84 valence electrons. The van der Waals surface area contributed by atoms with Crippen molar-refractivity contribution in [1.29, 1.82) is 0 Å². The summed E-state index contributed by atoms with van der Waals surface area (Å²) in [5, 5.41) is 24.6. The van der Waals surface area contributed by atoms with Crippen LogP contribution >= 0.6 is 0 Å². The summed E-state index contributed by atoms with van der Waals surface area (Å²) < 4.78 is 0. The van der Waals surface area contributed by atoms with Gasteiger partial charge in [-0.05, 0) is 12.8 Å². The second-order valence-corrected chi connectivity index (χ2v) is 3.89. The molecule has 0 aliphatic heterocycles. The molecule has 1 aliphatic rings. The lowest BCUT2D eigenvalue weighted by molar-refractivity contribution is 0.0913. The van der Waals surface area contributed by atoms with Gasteiger partial charge in [0.25, 0.3) is 0 Å². The van der Waals surface area contributed by atoms with Crippen molar-refractivity contribution in [3.05, 3.63) is 0 Å². The van der Waals surface area contributed by atoms with Crippen LogP contribution in [0.4, 0.5) is 0 Å². The molecular weight excluding hydrogens is 180 g/mol. The van der Waals surface area contributed by atoms with Crippen molar-refractivity contribution < 1.29 is 10.2 Å². The Morgan fingerprint density at radius 1 is 1.07 bits per heavy atom. The highest BCUT2D eigenvalue weighted by atomic mass is 16.3. The third kappa shape index (κ3) is 4.37. The highest BCUT2D eigenvalue weighted by molar-refractivity contribution is 4.80. The molecular formula is C10H22N2O2. The van der Waals surface area contributed by atoms with Crippen LogP contribution in [0.2, 0.25) is 0 Å². The van der Waals surface area contributed by atoms with Crippen LogP contribution in [0.15, 0.2) is 0 Å². The summed E-state index contributed by atoms with van der Waals surface area (Å²) in [7, 11) is 0. The van der Waals surface area contributed by atoms with Gasteiger partial charge in [-0.25, -0.2) is 0 Å². The molecule has 1 saturated carbocycles. The van der Waals surface area contributed by atoms with E-state index in [1.807, 2.05) is 0 Å². The quantitative estimate of drug-likeness (QED) is 0.437. The smallest absolute Gasteiger partial charge is 0.0693 e. The van der Waals surface area contributed by atoms with Gasteiger partial charge in [-0.3, -0.25) is 0 Å². The van der Waals surface area contributed by atoms with Gasteiger partial charge in [0.2, 0.25) is 0 Å². The van der Waals surface area contributed by atoms with E-state index in [-0.39, 0.29) is 18.8 Å². The first-order chi connectivity index (χ1) is 6.84. The standard InChI is InChI=1S/C10H22N2O2/c13-8-7-11-5-6-12-9-3-1-2-4-10(9)14/h9-14H,1-8H2. The third-order valence-corrected chi connectivity index (χ3v) is 2.73. The molecule has 2 atom stereocenters. The number of aliphatic hydroxyl groups is 2. The highest BCUT2D eigenvalue weighted by Crippen LogP contribution is 2.17. The Morgan fingerprint density at radius 3 is 2.57 bits per heavy atom. The van der Waals surface area contributed by atoms with E-state index in [1.165, 1.54) is 6.42 Å². The van der Waals surface area contributed by atoms with Crippen LogP contribution < -0.4 is 10.6 Å². The summed E-state index contributed by atoms with van der Waals surface area (Å²) >= 11 is 0. The van der Waals surface area contributed by atoms with Crippen molar-refractivity contribution in [2.75, 3.05) is 26.2 Å². The molecule has 0 heterocycles. The van der Waals surface area contributed by atoms with Crippen LogP contribution in [0.25, 0.3) is 0 Å². The average Bonchev–Trinajstić information content (AvgIpc) is 2.20. The second kappa shape index (κ2) is 7.17. The van der Waals surface area contributed by atoms with Gasteiger partial charge in [0.15, 0.2) is 0 Å². The summed E-state index contributed by atoms with van der Waals surface area (Å²) in [6, 6.07) is 0.277. The Bertz CT molecular complexity index is 144. The molecule has 0 aromatic heterocycles. The van der Waals surface area contributed by atoms with Crippen LogP contribution in [-0.4, -0.2) is 48.6 Å². The SMILES string of the molecule is OCCNCCNC1CCCCC1O. The average molecular weight is 202 g/mol. The molecule has 2 unspecified atom stereocenters. The van der Waals surface area contributed by atoms with Crippen molar-refractivity contribution in [1.82, 2.24) is 10.6 Å². The van der Waals surface area contributed by atoms with Crippen LogP contribution in [0.3, 0.4) is 0 Å². The number of nitrogens with one attached hydrogen (secondary N) is 2. The summed E-state index contributed by atoms with van der Waals surface area (Å²) in [5.74, 6) is 0. The van der Waals surface area contributed by atoms with Gasteiger partial charge in [0, 0.05) is 25.7 Å². The zero-order chi connectivity index (χ0) is 10.2. The molecule has 4 N–H and O–H groups in total. The zero-order valence-electron chi connectivity index (χ0n) is 8.71. The summed E-state index contributed by atoms with van der Waals surface area (Å²) in [4.78, 5) is 0. The molecule has 0 radical (unpaired) electrons. The normalized spacial score (nSPS) is 27.9. The highest BCUT2D eigenvalue weighted by Gasteiger charge is 2.21. The fourth-order valence-electron chi connectivity index (χ4n) is 1.90. The molecule has 1 rings (SSSR count). The van der Waals surface area contributed by atoms with Gasteiger partial charge in [-0.1, -0.05) is 12.8 Å². The number of rotatable bonds is 6. The second-order valence-electron chi connectivity index (χ2n) is 3.89. The molecule has 1 aliphatic carbocycles. The molecule has 0 aromatic rings. The fraction of sp³-hybridized carbons (Fsp3) is 1.00. The fourth-order valence-corrected chi connectivity index (χ4v) is 1.90. The molecule has 0 aromatic carbocycles. The largest absolute Gasteiger partial charge is 0.395 e. The number of aliphatic hydroxyl groups excluding tert-OH is 2. The minimum Gasteiger partial charge on any atom is -0.395 e. The van der Waals surface area contributed by atoms with E-state index in [4.69, 9.17) is 5.11 Å². The lowest BCUT2D eigenvalue weighted by atomic mass is 9.93. The van der Waals surface area contributed by atoms with Crippen LogP contribution in [-0.2, 0) is 0 Å². The van der Waals surface area contributed by atoms with Crippen molar-refractivity contribution >= 4 is 0 Å². The van der Waals surface area contributed by atoms with Gasteiger partial charge in [-0.15, -0.1) is 0 Å². The predicted octanol–water partition coefficient (Wildman–Crippen LogP) is -0.539.